The summed E-state index contributed by atoms with van der Waals surface area (Å²) in [6, 6.07) is 5.08. The van der Waals surface area contributed by atoms with E-state index in [9.17, 15) is 14.4 Å². The van der Waals surface area contributed by atoms with Crippen molar-refractivity contribution in [1.82, 2.24) is 19.1 Å². The Hall–Kier alpha value is -3.34. The van der Waals surface area contributed by atoms with Crippen molar-refractivity contribution in [2.45, 2.75) is 31.2 Å². The van der Waals surface area contributed by atoms with Crippen molar-refractivity contribution in [3.8, 4) is 11.5 Å². The minimum atomic E-state index is -0.508. The molecule has 1 N–H and O–H groups in total. The van der Waals surface area contributed by atoms with E-state index in [4.69, 9.17) is 9.47 Å². The molecule has 0 aliphatic heterocycles. The van der Waals surface area contributed by atoms with Crippen LogP contribution >= 0.6 is 11.8 Å². The lowest BCUT2D eigenvalue weighted by Crippen LogP contribution is -2.38. The molecule has 2 heterocycles. The van der Waals surface area contributed by atoms with E-state index in [2.05, 4.69) is 15.3 Å². The number of nitrogens with zero attached hydrogens (tertiary/aromatic N) is 4. The van der Waals surface area contributed by atoms with Crippen molar-refractivity contribution in [3.05, 3.63) is 44.9 Å². The van der Waals surface area contributed by atoms with Crippen molar-refractivity contribution in [2.75, 3.05) is 25.3 Å². The van der Waals surface area contributed by atoms with Gasteiger partial charge < -0.3 is 14.8 Å². The maximum Gasteiger partial charge on any atom is 0.332 e. The standard InChI is InChI=1S/C22H27N5O5S/c1-22(2,3)20-24-17-16(19(29)27(5)21(30)26(17)4)18(25-20)33-11-15(28)23-13-10-12(31-6)8-9-14(13)32-7/h8-10H,11H2,1-7H3,(H,23,28). The van der Waals surface area contributed by atoms with Crippen LogP contribution in [0.1, 0.15) is 26.6 Å². The van der Waals surface area contributed by atoms with Gasteiger partial charge in [0.25, 0.3) is 5.56 Å². The van der Waals surface area contributed by atoms with Gasteiger partial charge in [0, 0.05) is 25.6 Å². The lowest BCUT2D eigenvalue weighted by Gasteiger charge is -2.19. The molecule has 11 heteroatoms. The Balaban J connectivity index is 2.00. The fourth-order valence-electron chi connectivity index (χ4n) is 3.10. The van der Waals surface area contributed by atoms with E-state index in [1.54, 1.807) is 25.2 Å². The molecule has 0 saturated carbocycles. The van der Waals surface area contributed by atoms with E-state index >= 15 is 0 Å². The zero-order chi connectivity index (χ0) is 24.5. The molecule has 3 rings (SSSR count). The third-order valence-electron chi connectivity index (χ3n) is 4.96. The topological polar surface area (TPSA) is 117 Å². The molecule has 0 spiro atoms. The number of hydrogen-bond acceptors (Lipinski definition) is 8. The summed E-state index contributed by atoms with van der Waals surface area (Å²) < 4.78 is 12.8. The maximum atomic E-state index is 12.9. The lowest BCUT2D eigenvalue weighted by atomic mass is 9.96. The average molecular weight is 474 g/mol. The summed E-state index contributed by atoms with van der Waals surface area (Å²) in [7, 11) is 6.00. The second kappa shape index (κ2) is 9.26. The van der Waals surface area contributed by atoms with Crippen molar-refractivity contribution < 1.29 is 14.3 Å². The Morgan fingerprint density at radius 3 is 2.39 bits per heavy atom. The highest BCUT2D eigenvalue weighted by atomic mass is 32.2. The zero-order valence-corrected chi connectivity index (χ0v) is 20.5. The molecule has 2 aromatic heterocycles. The molecule has 1 amide bonds. The van der Waals surface area contributed by atoms with Gasteiger partial charge in [0.1, 0.15) is 27.7 Å². The molecule has 10 nitrogen and oxygen atoms in total. The van der Waals surface area contributed by atoms with Gasteiger partial charge in [0.2, 0.25) is 5.91 Å². The van der Waals surface area contributed by atoms with E-state index in [1.165, 1.54) is 25.8 Å². The fraction of sp³-hybridized carbons (Fsp3) is 0.409. The number of rotatable bonds is 6. The van der Waals surface area contributed by atoms with Crippen LogP contribution in [0.5, 0.6) is 11.5 Å². The van der Waals surface area contributed by atoms with E-state index in [0.717, 1.165) is 16.3 Å². The van der Waals surface area contributed by atoms with Crippen molar-refractivity contribution in [3.63, 3.8) is 0 Å². The molecule has 1 aromatic carbocycles. The number of benzene rings is 1. The first kappa shape index (κ1) is 24.3. The molecule has 0 saturated heterocycles. The second-order valence-corrected chi connectivity index (χ2v) is 9.37. The van der Waals surface area contributed by atoms with Gasteiger partial charge in [-0.15, -0.1) is 0 Å². The van der Waals surface area contributed by atoms with Gasteiger partial charge in [-0.3, -0.25) is 18.7 Å². The molecule has 0 fully saturated rings. The first-order valence-electron chi connectivity index (χ1n) is 10.1. The number of ether oxygens (including phenoxy) is 2. The van der Waals surface area contributed by atoms with Crippen LogP contribution in [0.3, 0.4) is 0 Å². The summed E-state index contributed by atoms with van der Waals surface area (Å²) in [5.41, 5.74) is -0.725. The maximum absolute atomic E-state index is 12.9. The number of hydrogen-bond donors (Lipinski definition) is 1. The molecule has 0 bridgehead atoms. The van der Waals surface area contributed by atoms with Crippen LogP contribution in [0.25, 0.3) is 11.0 Å². The highest BCUT2D eigenvalue weighted by Crippen LogP contribution is 2.30. The number of aryl methyl sites for hydroxylation is 1. The van der Waals surface area contributed by atoms with Gasteiger partial charge in [-0.1, -0.05) is 32.5 Å². The molecular formula is C22H27N5O5S. The second-order valence-electron chi connectivity index (χ2n) is 8.41. The van der Waals surface area contributed by atoms with Crippen molar-refractivity contribution in [2.24, 2.45) is 14.1 Å². The monoisotopic (exact) mass is 473 g/mol. The lowest BCUT2D eigenvalue weighted by molar-refractivity contribution is -0.113. The number of carbonyl (C=O) groups excluding carboxylic acids is 1. The minimum Gasteiger partial charge on any atom is -0.497 e. The molecule has 0 radical (unpaired) electrons. The quantitative estimate of drug-likeness (QED) is 0.427. The number of methoxy groups -OCH3 is 2. The number of fused-ring (bicyclic) bond motifs is 1. The van der Waals surface area contributed by atoms with Crippen LogP contribution in [0.4, 0.5) is 5.69 Å². The van der Waals surface area contributed by atoms with Gasteiger partial charge in [-0.05, 0) is 12.1 Å². The Bertz CT molecular complexity index is 1340. The highest BCUT2D eigenvalue weighted by molar-refractivity contribution is 8.00. The van der Waals surface area contributed by atoms with Crippen LogP contribution < -0.4 is 26.0 Å². The van der Waals surface area contributed by atoms with Gasteiger partial charge in [0.15, 0.2) is 5.65 Å². The minimum absolute atomic E-state index is 0.0257. The Morgan fingerprint density at radius 2 is 1.79 bits per heavy atom. The number of amides is 1. The molecule has 0 aliphatic carbocycles. The summed E-state index contributed by atoms with van der Waals surface area (Å²) in [4.78, 5) is 47.1. The molecule has 33 heavy (non-hydrogen) atoms. The molecule has 176 valence electrons. The van der Waals surface area contributed by atoms with Crippen molar-refractivity contribution in [1.29, 1.82) is 0 Å². The van der Waals surface area contributed by atoms with Gasteiger partial charge in [-0.2, -0.15) is 0 Å². The number of carbonyl (C=O) groups is 1. The predicted octanol–water partition coefficient (Wildman–Crippen LogP) is 2.07. The van der Waals surface area contributed by atoms with Gasteiger partial charge in [-0.25, -0.2) is 14.8 Å². The fourth-order valence-corrected chi connectivity index (χ4v) is 3.91. The first-order chi connectivity index (χ1) is 15.5. The third kappa shape index (κ3) is 4.87. The first-order valence-corrected chi connectivity index (χ1v) is 11.1. The number of nitrogens with one attached hydrogen (secondary N) is 1. The highest BCUT2D eigenvalue weighted by Gasteiger charge is 2.24. The summed E-state index contributed by atoms with van der Waals surface area (Å²) in [6.45, 7) is 5.80. The number of thioether (sulfide) groups is 1. The average Bonchev–Trinajstić information content (AvgIpc) is 2.78. The van der Waals surface area contributed by atoms with Crippen LogP contribution in [-0.4, -0.2) is 45.0 Å². The van der Waals surface area contributed by atoms with Gasteiger partial charge in [0.05, 0.1) is 25.7 Å². The largest absolute Gasteiger partial charge is 0.497 e. The summed E-state index contributed by atoms with van der Waals surface area (Å²) in [6.07, 6.45) is 0. The number of anilines is 1. The summed E-state index contributed by atoms with van der Waals surface area (Å²) >= 11 is 1.10. The van der Waals surface area contributed by atoms with E-state index in [-0.39, 0.29) is 22.7 Å². The molecule has 0 aliphatic rings. The summed E-state index contributed by atoms with van der Waals surface area (Å²) in [5, 5.41) is 3.34. The van der Waals surface area contributed by atoms with Crippen LogP contribution in [-0.2, 0) is 24.3 Å². The SMILES string of the molecule is COc1ccc(OC)c(NC(=O)CSc2nc(C(C)(C)C)nc3c2c(=O)n(C)c(=O)n3C)c1. The summed E-state index contributed by atoms with van der Waals surface area (Å²) in [5.74, 6) is 1.18. The predicted molar refractivity (Wildman–Crippen MR) is 128 cm³/mol. The Kier molecular flexibility index (Phi) is 6.82. The zero-order valence-electron chi connectivity index (χ0n) is 19.7. The van der Waals surface area contributed by atoms with Crippen LogP contribution in [0.15, 0.2) is 32.8 Å². The van der Waals surface area contributed by atoms with Crippen LogP contribution in [0.2, 0.25) is 0 Å². The van der Waals surface area contributed by atoms with E-state index < -0.39 is 16.7 Å². The number of aromatic nitrogens is 4. The smallest absolute Gasteiger partial charge is 0.332 e. The normalized spacial score (nSPS) is 11.5. The molecule has 3 aromatic rings. The van der Waals surface area contributed by atoms with E-state index in [1.807, 2.05) is 20.8 Å². The van der Waals surface area contributed by atoms with Crippen molar-refractivity contribution >= 4 is 34.4 Å². The van der Waals surface area contributed by atoms with E-state index in [0.29, 0.717) is 28.0 Å². The third-order valence-corrected chi connectivity index (χ3v) is 5.93. The Labute approximate surface area is 195 Å². The molecule has 0 unspecified atom stereocenters. The Morgan fingerprint density at radius 1 is 1.09 bits per heavy atom. The van der Waals surface area contributed by atoms with Crippen LogP contribution in [0, 0.1) is 0 Å². The molecular weight excluding hydrogens is 446 g/mol. The molecule has 0 atom stereocenters. The van der Waals surface area contributed by atoms with Gasteiger partial charge >= 0.3 is 5.69 Å².